The van der Waals surface area contributed by atoms with Crippen LogP contribution >= 0.6 is 0 Å². The average molecular weight is 181 g/mol. The Morgan fingerprint density at radius 1 is 0.643 bits per heavy atom. The molecule has 0 aliphatic carbocycles. The van der Waals surface area contributed by atoms with Crippen molar-refractivity contribution in [1.29, 1.82) is 0 Å². The molecular formula is C14H13+. The van der Waals surface area contributed by atoms with Crippen LogP contribution in [0.15, 0.2) is 60.7 Å². The Hall–Kier alpha value is -1.69. The highest BCUT2D eigenvalue weighted by Gasteiger charge is 2.12. The van der Waals surface area contributed by atoms with Gasteiger partial charge >= 0.3 is 0 Å². The van der Waals surface area contributed by atoms with Gasteiger partial charge in [0.1, 0.15) is 5.92 Å². The molecule has 0 heteroatoms. The smallest absolute Gasteiger partial charge is 0.0622 e. The van der Waals surface area contributed by atoms with E-state index in [9.17, 15) is 0 Å². The van der Waals surface area contributed by atoms with Crippen molar-refractivity contribution in [1.82, 2.24) is 0 Å². The molecule has 2 aromatic rings. The van der Waals surface area contributed by atoms with Crippen LogP contribution in [0.1, 0.15) is 17.0 Å². The predicted molar refractivity (Wildman–Crippen MR) is 60.1 cm³/mol. The van der Waals surface area contributed by atoms with E-state index in [2.05, 4.69) is 55.5 Å². The van der Waals surface area contributed by atoms with Crippen LogP contribution in [0.5, 0.6) is 0 Å². The Bertz CT molecular complexity index is 336. The Kier molecular flexibility index (Phi) is 2.55. The van der Waals surface area contributed by atoms with Gasteiger partial charge in [-0.1, -0.05) is 60.7 Å². The summed E-state index contributed by atoms with van der Waals surface area (Å²) in [6.45, 7) is 4.18. The van der Waals surface area contributed by atoms with Gasteiger partial charge in [-0.25, -0.2) is 0 Å². The zero-order valence-corrected chi connectivity index (χ0v) is 8.06. The van der Waals surface area contributed by atoms with Gasteiger partial charge < -0.3 is 0 Å². The van der Waals surface area contributed by atoms with E-state index in [4.69, 9.17) is 0 Å². The third-order valence-corrected chi connectivity index (χ3v) is 2.40. The van der Waals surface area contributed by atoms with E-state index < -0.39 is 0 Å². The molecule has 0 fully saturated rings. The second-order valence-electron chi connectivity index (χ2n) is 3.37. The van der Waals surface area contributed by atoms with Gasteiger partial charge in [0, 0.05) is 11.1 Å². The molecule has 14 heavy (non-hydrogen) atoms. The summed E-state index contributed by atoms with van der Waals surface area (Å²) in [5.74, 6) is 0.234. The highest BCUT2D eigenvalue weighted by Crippen LogP contribution is 2.22. The molecule has 0 amide bonds. The van der Waals surface area contributed by atoms with Gasteiger partial charge in [-0.05, 0) is 0 Å². The molecule has 0 aromatic heterocycles. The van der Waals surface area contributed by atoms with E-state index in [1.807, 2.05) is 12.1 Å². The van der Waals surface area contributed by atoms with Gasteiger partial charge in [-0.3, -0.25) is 0 Å². The molecule has 0 saturated carbocycles. The summed E-state index contributed by atoms with van der Waals surface area (Å²) in [7, 11) is 0. The van der Waals surface area contributed by atoms with E-state index >= 15 is 0 Å². The van der Waals surface area contributed by atoms with E-state index in [-0.39, 0.29) is 5.92 Å². The molecule has 0 heterocycles. The first kappa shape index (κ1) is 8.89. The van der Waals surface area contributed by atoms with Crippen LogP contribution in [-0.2, 0) is 0 Å². The number of hydrogen-bond donors (Lipinski definition) is 0. The maximum atomic E-state index is 4.18. The van der Waals surface area contributed by atoms with E-state index in [1.54, 1.807) is 0 Å². The summed E-state index contributed by atoms with van der Waals surface area (Å²) in [4.78, 5) is 0. The van der Waals surface area contributed by atoms with Crippen LogP contribution in [0, 0.1) is 6.92 Å². The summed E-state index contributed by atoms with van der Waals surface area (Å²) in [5, 5.41) is 0. The lowest BCUT2D eigenvalue weighted by Gasteiger charge is -2.05. The topological polar surface area (TPSA) is 0 Å². The maximum Gasteiger partial charge on any atom is 0.145 e. The third kappa shape index (κ3) is 1.80. The maximum absolute atomic E-state index is 4.18. The fourth-order valence-electron chi connectivity index (χ4n) is 1.56. The van der Waals surface area contributed by atoms with Crippen LogP contribution in [0.3, 0.4) is 0 Å². The van der Waals surface area contributed by atoms with Gasteiger partial charge in [-0.2, -0.15) is 0 Å². The van der Waals surface area contributed by atoms with Crippen LogP contribution < -0.4 is 0 Å². The molecule has 0 radical (unpaired) electrons. The lowest BCUT2D eigenvalue weighted by molar-refractivity contribution is 1.02. The molecular weight excluding hydrogens is 168 g/mol. The standard InChI is InChI=1S/C14H13/c1-12(13-8-4-2-5-9-13)14-10-6-3-7-11-14/h2-12H,1H2/q+1. The van der Waals surface area contributed by atoms with Gasteiger partial charge in [-0.15, -0.1) is 0 Å². The van der Waals surface area contributed by atoms with Crippen molar-refractivity contribution in [3.63, 3.8) is 0 Å². The van der Waals surface area contributed by atoms with E-state index in [0.29, 0.717) is 0 Å². The van der Waals surface area contributed by atoms with Crippen molar-refractivity contribution in [2.45, 2.75) is 5.92 Å². The molecule has 0 atom stereocenters. The molecule has 2 rings (SSSR count). The van der Waals surface area contributed by atoms with Crippen molar-refractivity contribution >= 4 is 0 Å². The first-order chi connectivity index (χ1) is 6.88. The Labute approximate surface area is 85.2 Å². The van der Waals surface area contributed by atoms with E-state index in [1.165, 1.54) is 11.1 Å². The summed E-state index contributed by atoms with van der Waals surface area (Å²) in [5.41, 5.74) is 2.53. The highest BCUT2D eigenvalue weighted by molar-refractivity contribution is 5.33. The van der Waals surface area contributed by atoms with Crippen molar-refractivity contribution in [3.8, 4) is 0 Å². The Morgan fingerprint density at radius 3 is 1.36 bits per heavy atom. The molecule has 0 N–H and O–H groups in total. The molecule has 0 bridgehead atoms. The normalized spacial score (nSPS) is 10.4. The molecule has 2 aromatic carbocycles. The summed E-state index contributed by atoms with van der Waals surface area (Å²) in [6, 6.07) is 20.7. The second-order valence-corrected chi connectivity index (χ2v) is 3.37. The van der Waals surface area contributed by atoms with Crippen LogP contribution in [-0.4, -0.2) is 0 Å². The zero-order valence-electron chi connectivity index (χ0n) is 8.06. The van der Waals surface area contributed by atoms with Crippen molar-refractivity contribution in [3.05, 3.63) is 78.7 Å². The molecule has 68 valence electrons. The van der Waals surface area contributed by atoms with Gasteiger partial charge in [0.25, 0.3) is 0 Å². The lowest BCUT2D eigenvalue weighted by Crippen LogP contribution is -1.94. The largest absolute Gasteiger partial charge is 0.145 e. The minimum absolute atomic E-state index is 0.234. The van der Waals surface area contributed by atoms with Crippen LogP contribution in [0.25, 0.3) is 0 Å². The molecule has 0 unspecified atom stereocenters. The summed E-state index contributed by atoms with van der Waals surface area (Å²) in [6.07, 6.45) is 0. The summed E-state index contributed by atoms with van der Waals surface area (Å²) < 4.78 is 0. The molecule has 0 saturated heterocycles. The third-order valence-electron chi connectivity index (χ3n) is 2.40. The first-order valence-corrected chi connectivity index (χ1v) is 4.81. The SMILES string of the molecule is [CH2+]C(c1ccccc1)c1ccccc1. The minimum Gasteiger partial charge on any atom is -0.0622 e. The first-order valence-electron chi connectivity index (χ1n) is 4.81. The molecule has 0 aliphatic heterocycles. The Balaban J connectivity index is 2.30. The molecule has 0 spiro atoms. The second kappa shape index (κ2) is 4.01. The van der Waals surface area contributed by atoms with Gasteiger partial charge in [0.05, 0.1) is 6.92 Å². The summed E-state index contributed by atoms with van der Waals surface area (Å²) >= 11 is 0. The van der Waals surface area contributed by atoms with Crippen molar-refractivity contribution in [2.75, 3.05) is 0 Å². The fraction of sp³-hybridized carbons (Fsp3) is 0.0714. The van der Waals surface area contributed by atoms with Crippen LogP contribution in [0.2, 0.25) is 0 Å². The van der Waals surface area contributed by atoms with Crippen LogP contribution in [0.4, 0.5) is 0 Å². The molecule has 0 nitrogen and oxygen atoms in total. The number of rotatable bonds is 2. The highest BCUT2D eigenvalue weighted by atomic mass is 14.1. The quantitative estimate of drug-likeness (QED) is 0.620. The van der Waals surface area contributed by atoms with E-state index in [0.717, 1.165) is 0 Å². The van der Waals surface area contributed by atoms with Gasteiger partial charge in [0.15, 0.2) is 0 Å². The number of hydrogen-bond acceptors (Lipinski definition) is 0. The average Bonchev–Trinajstić information content (AvgIpc) is 2.30. The fourth-order valence-corrected chi connectivity index (χ4v) is 1.56. The lowest BCUT2D eigenvalue weighted by atomic mass is 9.93. The number of benzene rings is 2. The Morgan fingerprint density at radius 2 is 1.00 bits per heavy atom. The van der Waals surface area contributed by atoms with Crippen molar-refractivity contribution in [2.24, 2.45) is 0 Å². The monoisotopic (exact) mass is 181 g/mol. The predicted octanol–water partition coefficient (Wildman–Crippen LogP) is 3.65. The van der Waals surface area contributed by atoms with Crippen molar-refractivity contribution < 1.29 is 0 Å². The van der Waals surface area contributed by atoms with Gasteiger partial charge in [0.2, 0.25) is 0 Å². The minimum atomic E-state index is 0.234. The zero-order chi connectivity index (χ0) is 9.80. The molecule has 0 aliphatic rings.